The lowest BCUT2D eigenvalue weighted by Gasteiger charge is -2.08. The zero-order chi connectivity index (χ0) is 13.1. The Kier molecular flexibility index (Phi) is 3.27. The number of hydrogen-bond donors (Lipinski definition) is 1. The normalized spacial score (nSPS) is 16.7. The van der Waals surface area contributed by atoms with E-state index in [-0.39, 0.29) is 5.78 Å². The van der Waals surface area contributed by atoms with Crippen LogP contribution in [0.25, 0.3) is 0 Å². The summed E-state index contributed by atoms with van der Waals surface area (Å²) in [5.74, 6) is 0.551. The summed E-state index contributed by atoms with van der Waals surface area (Å²) in [6, 6.07) is 13.9. The fraction of sp³-hybridized carbons (Fsp3) is 0.250. The molecule has 0 fully saturated rings. The summed E-state index contributed by atoms with van der Waals surface area (Å²) >= 11 is 0. The number of anilines is 1. The molecule has 19 heavy (non-hydrogen) atoms. The molecule has 0 bridgehead atoms. The Balaban J connectivity index is 1.65. The van der Waals surface area contributed by atoms with Crippen LogP contribution in [-0.2, 0) is 11.2 Å². The minimum atomic E-state index is 0.252. The number of hydrogen-bond acceptors (Lipinski definition) is 3. The first-order valence-corrected chi connectivity index (χ1v) is 6.57. The van der Waals surface area contributed by atoms with E-state index < -0.39 is 0 Å². The third-order valence-electron chi connectivity index (χ3n) is 3.52. The maximum absolute atomic E-state index is 12.1. The van der Waals surface area contributed by atoms with Gasteiger partial charge in [0.1, 0.15) is 5.78 Å². The van der Waals surface area contributed by atoms with Gasteiger partial charge in [0.2, 0.25) is 0 Å². The molecule has 2 aromatic rings. The van der Waals surface area contributed by atoms with Crippen LogP contribution in [-0.4, -0.2) is 17.3 Å². The third-order valence-corrected chi connectivity index (χ3v) is 3.52. The highest BCUT2D eigenvalue weighted by atomic mass is 16.1. The van der Waals surface area contributed by atoms with Crippen molar-refractivity contribution in [3.8, 4) is 0 Å². The molecule has 1 aliphatic rings. The minimum Gasteiger partial charge on any atom is -0.384 e. The van der Waals surface area contributed by atoms with Crippen LogP contribution in [0.2, 0.25) is 0 Å². The number of benzene rings is 1. The van der Waals surface area contributed by atoms with E-state index in [1.807, 2.05) is 30.3 Å². The van der Waals surface area contributed by atoms with Crippen molar-refractivity contribution in [2.45, 2.75) is 18.8 Å². The van der Waals surface area contributed by atoms with Gasteiger partial charge in [-0.1, -0.05) is 24.3 Å². The maximum Gasteiger partial charge on any atom is 0.139 e. The summed E-state index contributed by atoms with van der Waals surface area (Å²) in [4.78, 5) is 16.3. The van der Waals surface area contributed by atoms with Crippen LogP contribution in [0.3, 0.4) is 0 Å². The molecule has 0 amide bonds. The van der Waals surface area contributed by atoms with Crippen LogP contribution in [0.5, 0.6) is 0 Å². The van der Waals surface area contributed by atoms with Crippen LogP contribution in [0, 0.1) is 0 Å². The van der Waals surface area contributed by atoms with Gasteiger partial charge in [-0.25, -0.2) is 0 Å². The first-order chi connectivity index (χ1) is 9.33. The first-order valence-electron chi connectivity index (χ1n) is 6.57. The Bertz CT molecular complexity index is 580. The van der Waals surface area contributed by atoms with Gasteiger partial charge in [0.05, 0.1) is 0 Å². The van der Waals surface area contributed by atoms with Gasteiger partial charge >= 0.3 is 0 Å². The van der Waals surface area contributed by atoms with Gasteiger partial charge in [-0.2, -0.15) is 0 Å². The molecule has 0 aliphatic carbocycles. The molecule has 0 saturated carbocycles. The number of carbonyl (C=O) groups is 1. The van der Waals surface area contributed by atoms with Gasteiger partial charge in [-0.05, 0) is 23.8 Å². The van der Waals surface area contributed by atoms with E-state index in [9.17, 15) is 4.79 Å². The molecule has 0 saturated heterocycles. The molecular weight excluding hydrogens is 236 g/mol. The highest BCUT2D eigenvalue weighted by Gasteiger charge is 2.23. The lowest BCUT2D eigenvalue weighted by molar-refractivity contribution is -0.118. The van der Waals surface area contributed by atoms with E-state index in [2.05, 4.69) is 22.4 Å². The topological polar surface area (TPSA) is 42.0 Å². The Morgan fingerprint density at radius 1 is 1.21 bits per heavy atom. The maximum atomic E-state index is 12.1. The second-order valence-electron chi connectivity index (χ2n) is 4.91. The van der Waals surface area contributed by atoms with E-state index in [1.165, 1.54) is 5.56 Å². The van der Waals surface area contributed by atoms with Crippen molar-refractivity contribution in [3.63, 3.8) is 0 Å². The molecule has 0 spiro atoms. The fourth-order valence-corrected chi connectivity index (χ4v) is 2.59. The molecule has 96 valence electrons. The number of aromatic nitrogens is 1. The number of nitrogens with zero attached hydrogens (tertiary/aromatic N) is 1. The molecule has 1 N–H and O–H groups in total. The third kappa shape index (κ3) is 2.65. The highest BCUT2D eigenvalue weighted by Crippen LogP contribution is 2.33. The van der Waals surface area contributed by atoms with Gasteiger partial charge < -0.3 is 5.32 Å². The molecule has 2 heterocycles. The molecule has 1 aromatic heterocycles. The standard InChI is InChI=1S/C16H16N2O/c19-14(10-13-5-3-4-8-17-13)9-12-11-18-16-7-2-1-6-15(12)16/h1-8,12,18H,9-11H2. The molecule has 1 aliphatic heterocycles. The average Bonchev–Trinajstić information content (AvgIpc) is 2.83. The van der Waals surface area contributed by atoms with Crippen LogP contribution in [0.1, 0.15) is 23.6 Å². The summed E-state index contributed by atoms with van der Waals surface area (Å²) in [5, 5.41) is 3.35. The van der Waals surface area contributed by atoms with E-state index in [0.717, 1.165) is 17.9 Å². The summed E-state index contributed by atoms with van der Waals surface area (Å²) in [6.45, 7) is 0.854. The summed E-state index contributed by atoms with van der Waals surface area (Å²) in [7, 11) is 0. The molecule has 3 heteroatoms. The van der Waals surface area contributed by atoms with E-state index in [4.69, 9.17) is 0 Å². The Morgan fingerprint density at radius 2 is 2.05 bits per heavy atom. The number of rotatable bonds is 4. The number of pyridine rings is 1. The zero-order valence-corrected chi connectivity index (χ0v) is 10.7. The van der Waals surface area contributed by atoms with E-state index >= 15 is 0 Å². The summed E-state index contributed by atoms with van der Waals surface area (Å²) < 4.78 is 0. The molecule has 1 aromatic carbocycles. The lowest BCUT2D eigenvalue weighted by Crippen LogP contribution is -2.11. The Hall–Kier alpha value is -2.16. The van der Waals surface area contributed by atoms with Crippen LogP contribution in [0.15, 0.2) is 48.7 Å². The van der Waals surface area contributed by atoms with E-state index in [0.29, 0.717) is 18.8 Å². The van der Waals surface area contributed by atoms with Crippen molar-refractivity contribution in [2.24, 2.45) is 0 Å². The predicted molar refractivity (Wildman–Crippen MR) is 75.2 cm³/mol. The van der Waals surface area contributed by atoms with Crippen LogP contribution < -0.4 is 5.32 Å². The van der Waals surface area contributed by atoms with E-state index in [1.54, 1.807) is 6.20 Å². The van der Waals surface area contributed by atoms with Crippen molar-refractivity contribution in [1.29, 1.82) is 0 Å². The van der Waals surface area contributed by atoms with Crippen molar-refractivity contribution in [1.82, 2.24) is 4.98 Å². The van der Waals surface area contributed by atoms with Crippen molar-refractivity contribution in [2.75, 3.05) is 11.9 Å². The van der Waals surface area contributed by atoms with Crippen molar-refractivity contribution < 1.29 is 4.79 Å². The quantitative estimate of drug-likeness (QED) is 0.909. The molecule has 1 atom stereocenters. The van der Waals surface area contributed by atoms with Gasteiger partial charge in [0.25, 0.3) is 0 Å². The number of nitrogens with one attached hydrogen (secondary N) is 1. The smallest absolute Gasteiger partial charge is 0.139 e. The van der Waals surface area contributed by atoms with Gasteiger partial charge in [-0.3, -0.25) is 9.78 Å². The monoisotopic (exact) mass is 252 g/mol. The average molecular weight is 252 g/mol. The van der Waals surface area contributed by atoms with Gasteiger partial charge in [-0.15, -0.1) is 0 Å². The molecule has 1 unspecified atom stereocenters. The lowest BCUT2D eigenvalue weighted by atomic mass is 9.94. The number of carbonyl (C=O) groups excluding carboxylic acids is 1. The Morgan fingerprint density at radius 3 is 2.89 bits per heavy atom. The SMILES string of the molecule is O=C(Cc1ccccn1)CC1CNc2ccccc21. The highest BCUT2D eigenvalue weighted by molar-refractivity contribution is 5.82. The van der Waals surface area contributed by atoms with Crippen LogP contribution in [0.4, 0.5) is 5.69 Å². The van der Waals surface area contributed by atoms with Gasteiger partial charge in [0.15, 0.2) is 0 Å². The second-order valence-corrected chi connectivity index (χ2v) is 4.91. The van der Waals surface area contributed by atoms with Crippen molar-refractivity contribution >= 4 is 11.5 Å². The number of ketones is 1. The molecule has 3 nitrogen and oxygen atoms in total. The number of para-hydroxylation sites is 1. The molecule has 0 radical (unpaired) electrons. The fourth-order valence-electron chi connectivity index (χ4n) is 2.59. The second kappa shape index (κ2) is 5.22. The van der Waals surface area contributed by atoms with Gasteiger partial charge in [0, 0.05) is 42.9 Å². The first kappa shape index (κ1) is 11.9. The number of Topliss-reactive ketones (excluding diaryl/α,β-unsaturated/α-hetero) is 1. The number of fused-ring (bicyclic) bond motifs is 1. The Labute approximate surface area is 112 Å². The molecule has 3 rings (SSSR count). The zero-order valence-electron chi connectivity index (χ0n) is 10.7. The summed E-state index contributed by atoms with van der Waals surface area (Å²) in [5.41, 5.74) is 3.28. The van der Waals surface area contributed by atoms with Crippen LogP contribution >= 0.6 is 0 Å². The predicted octanol–water partition coefficient (Wildman–Crippen LogP) is 2.79. The van der Waals surface area contributed by atoms with Crippen molar-refractivity contribution in [3.05, 3.63) is 59.9 Å². The summed E-state index contributed by atoms with van der Waals surface area (Å²) in [6.07, 6.45) is 2.75. The largest absolute Gasteiger partial charge is 0.384 e. The minimum absolute atomic E-state index is 0.252. The molecular formula is C16H16N2O.